The van der Waals surface area contributed by atoms with Crippen LogP contribution in [0, 0.1) is 0 Å². The van der Waals surface area contributed by atoms with Gasteiger partial charge in [0, 0.05) is 30.1 Å². The van der Waals surface area contributed by atoms with Crippen molar-refractivity contribution in [2.45, 2.75) is 23.8 Å². The zero-order valence-corrected chi connectivity index (χ0v) is 18.5. The third kappa shape index (κ3) is 4.76. The van der Waals surface area contributed by atoms with Gasteiger partial charge in [0.15, 0.2) is 0 Å². The van der Waals surface area contributed by atoms with E-state index < -0.39 is 10.0 Å². The smallest absolute Gasteiger partial charge is 0.251 e. The molecule has 3 heterocycles. The number of benzene rings is 1. The molecule has 1 unspecified atom stereocenters. The van der Waals surface area contributed by atoms with E-state index >= 15 is 0 Å². The van der Waals surface area contributed by atoms with Gasteiger partial charge in [0.25, 0.3) is 5.91 Å². The number of hydrogen-bond donors (Lipinski definition) is 1. The Kier molecular flexibility index (Phi) is 6.84. The number of carbonyl (C=O) groups excluding carboxylic acids is 1. The first kappa shape index (κ1) is 21.5. The molecular formula is C21H27N3O4S2. The molecule has 0 radical (unpaired) electrons. The van der Waals surface area contributed by atoms with Gasteiger partial charge in [-0.2, -0.15) is 4.31 Å². The van der Waals surface area contributed by atoms with Crippen molar-refractivity contribution < 1.29 is 17.9 Å². The predicted octanol–water partition coefficient (Wildman–Crippen LogP) is 2.34. The Morgan fingerprint density at radius 1 is 1.10 bits per heavy atom. The second kappa shape index (κ2) is 9.57. The molecule has 162 valence electrons. The fourth-order valence-electron chi connectivity index (χ4n) is 3.97. The number of hydrogen-bond acceptors (Lipinski definition) is 6. The fraction of sp³-hybridized carbons (Fsp3) is 0.476. The molecule has 1 aromatic heterocycles. The van der Waals surface area contributed by atoms with Gasteiger partial charge in [-0.05, 0) is 55.6 Å². The predicted molar refractivity (Wildman–Crippen MR) is 116 cm³/mol. The maximum Gasteiger partial charge on any atom is 0.251 e. The molecule has 2 aromatic rings. The van der Waals surface area contributed by atoms with Crippen molar-refractivity contribution in [3.05, 3.63) is 52.2 Å². The van der Waals surface area contributed by atoms with Crippen LogP contribution in [0.25, 0.3) is 0 Å². The highest BCUT2D eigenvalue weighted by molar-refractivity contribution is 7.89. The third-order valence-corrected chi connectivity index (χ3v) is 8.48. The molecule has 0 saturated carbocycles. The van der Waals surface area contributed by atoms with Crippen LogP contribution in [-0.2, 0) is 14.8 Å². The maximum absolute atomic E-state index is 12.9. The Morgan fingerprint density at radius 2 is 1.87 bits per heavy atom. The zero-order valence-electron chi connectivity index (χ0n) is 16.8. The van der Waals surface area contributed by atoms with Crippen LogP contribution in [0.4, 0.5) is 0 Å². The summed E-state index contributed by atoms with van der Waals surface area (Å²) in [6.45, 7) is 4.01. The first-order chi connectivity index (χ1) is 14.6. The van der Waals surface area contributed by atoms with E-state index in [0.717, 1.165) is 13.1 Å². The molecule has 2 saturated heterocycles. The van der Waals surface area contributed by atoms with Crippen molar-refractivity contribution in [1.82, 2.24) is 14.5 Å². The van der Waals surface area contributed by atoms with Crippen LogP contribution in [0.2, 0.25) is 0 Å². The van der Waals surface area contributed by atoms with Gasteiger partial charge in [-0.3, -0.25) is 9.69 Å². The van der Waals surface area contributed by atoms with Gasteiger partial charge < -0.3 is 10.1 Å². The number of sulfonamides is 1. The van der Waals surface area contributed by atoms with E-state index in [4.69, 9.17) is 4.74 Å². The monoisotopic (exact) mass is 449 g/mol. The second-order valence-electron chi connectivity index (χ2n) is 7.53. The summed E-state index contributed by atoms with van der Waals surface area (Å²) in [7, 11) is -3.63. The summed E-state index contributed by atoms with van der Waals surface area (Å²) in [6.07, 6.45) is 2.36. The molecule has 1 amide bonds. The molecule has 0 aliphatic carbocycles. The van der Waals surface area contributed by atoms with Gasteiger partial charge in [-0.25, -0.2) is 8.42 Å². The minimum absolute atomic E-state index is 0.145. The lowest BCUT2D eigenvalue weighted by molar-refractivity contribution is 0.0730. The zero-order chi connectivity index (χ0) is 21.0. The molecule has 7 nitrogen and oxygen atoms in total. The lowest BCUT2D eigenvalue weighted by Crippen LogP contribution is -2.40. The summed E-state index contributed by atoms with van der Waals surface area (Å²) in [5.41, 5.74) is 0.357. The van der Waals surface area contributed by atoms with Crippen LogP contribution in [0.1, 0.15) is 34.1 Å². The van der Waals surface area contributed by atoms with Gasteiger partial charge in [-0.1, -0.05) is 12.1 Å². The van der Waals surface area contributed by atoms with Crippen LogP contribution in [0.5, 0.6) is 0 Å². The number of nitrogens with zero attached hydrogens (tertiary/aromatic N) is 2. The number of nitrogens with one attached hydrogen (secondary N) is 1. The Balaban J connectivity index is 1.46. The molecule has 4 rings (SSSR count). The van der Waals surface area contributed by atoms with E-state index in [1.165, 1.54) is 28.1 Å². The van der Waals surface area contributed by atoms with Crippen molar-refractivity contribution in [1.29, 1.82) is 0 Å². The fourth-order valence-corrected chi connectivity index (χ4v) is 6.28. The molecule has 2 aliphatic heterocycles. The van der Waals surface area contributed by atoms with E-state index in [2.05, 4.69) is 21.7 Å². The van der Waals surface area contributed by atoms with E-state index in [9.17, 15) is 13.2 Å². The Labute approximate surface area is 181 Å². The summed E-state index contributed by atoms with van der Waals surface area (Å²) in [5, 5.41) is 5.08. The number of thiophene rings is 1. The molecule has 2 fully saturated rings. The summed E-state index contributed by atoms with van der Waals surface area (Å²) in [6, 6.07) is 10.6. The van der Waals surface area contributed by atoms with Crippen molar-refractivity contribution >= 4 is 27.3 Å². The van der Waals surface area contributed by atoms with Gasteiger partial charge in [0.1, 0.15) is 0 Å². The molecule has 1 N–H and O–H groups in total. The van der Waals surface area contributed by atoms with E-state index in [-0.39, 0.29) is 16.8 Å². The van der Waals surface area contributed by atoms with E-state index in [0.29, 0.717) is 38.4 Å². The maximum atomic E-state index is 12.9. The summed E-state index contributed by atoms with van der Waals surface area (Å²) >= 11 is 1.70. The van der Waals surface area contributed by atoms with Crippen molar-refractivity contribution in [3.8, 4) is 0 Å². The molecule has 1 aromatic carbocycles. The minimum Gasteiger partial charge on any atom is -0.379 e. The average molecular weight is 450 g/mol. The van der Waals surface area contributed by atoms with Crippen LogP contribution in [0.15, 0.2) is 46.7 Å². The summed E-state index contributed by atoms with van der Waals surface area (Å²) < 4.78 is 32.4. The lowest BCUT2D eigenvalue weighted by Gasteiger charge is -2.27. The van der Waals surface area contributed by atoms with Gasteiger partial charge >= 0.3 is 0 Å². The van der Waals surface area contributed by atoms with E-state index in [1.807, 2.05) is 6.07 Å². The number of amides is 1. The standard InChI is InChI=1S/C21H27N3O4S2/c25-21(22-16-19(20-7-4-14-29-20)23-8-1-2-9-23)17-5-3-6-18(15-17)30(26,27)24-10-12-28-13-11-24/h3-7,14-15,19H,1-2,8-13,16H2,(H,22,25). The van der Waals surface area contributed by atoms with Crippen molar-refractivity contribution in [3.63, 3.8) is 0 Å². The van der Waals surface area contributed by atoms with Crippen LogP contribution < -0.4 is 5.32 Å². The lowest BCUT2D eigenvalue weighted by atomic mass is 10.2. The molecule has 0 spiro atoms. The highest BCUT2D eigenvalue weighted by Crippen LogP contribution is 2.28. The number of ether oxygens (including phenoxy) is 1. The second-order valence-corrected chi connectivity index (χ2v) is 10.4. The minimum atomic E-state index is -3.63. The van der Waals surface area contributed by atoms with E-state index in [1.54, 1.807) is 29.5 Å². The molecule has 1 atom stereocenters. The Morgan fingerprint density at radius 3 is 2.57 bits per heavy atom. The molecular weight excluding hydrogens is 422 g/mol. The number of carbonyl (C=O) groups is 1. The SMILES string of the molecule is O=C(NCC(c1cccs1)N1CCCC1)c1cccc(S(=O)(=O)N2CCOCC2)c1. The third-order valence-electron chi connectivity index (χ3n) is 5.61. The highest BCUT2D eigenvalue weighted by atomic mass is 32.2. The number of morpholine rings is 1. The summed E-state index contributed by atoms with van der Waals surface area (Å²) in [5.74, 6) is -0.255. The normalized spacial score (nSPS) is 19.6. The van der Waals surface area contributed by atoms with Crippen LogP contribution in [-0.4, -0.2) is 69.5 Å². The van der Waals surface area contributed by atoms with Gasteiger partial charge in [0.05, 0.1) is 24.2 Å². The number of likely N-dealkylation sites (tertiary alicyclic amines) is 1. The van der Waals surface area contributed by atoms with Crippen molar-refractivity contribution in [2.24, 2.45) is 0 Å². The molecule has 30 heavy (non-hydrogen) atoms. The van der Waals surface area contributed by atoms with Crippen molar-refractivity contribution in [2.75, 3.05) is 45.9 Å². The summed E-state index contributed by atoms with van der Waals surface area (Å²) in [4.78, 5) is 16.6. The van der Waals surface area contributed by atoms with Crippen LogP contribution in [0.3, 0.4) is 0 Å². The largest absolute Gasteiger partial charge is 0.379 e. The molecule has 9 heteroatoms. The molecule has 2 aliphatic rings. The average Bonchev–Trinajstić information content (AvgIpc) is 3.50. The Bertz CT molecular complexity index is 950. The quantitative estimate of drug-likeness (QED) is 0.702. The van der Waals surface area contributed by atoms with Gasteiger partial charge in [0.2, 0.25) is 10.0 Å². The topological polar surface area (TPSA) is 79.0 Å². The van der Waals surface area contributed by atoms with Crippen LogP contribution >= 0.6 is 11.3 Å². The molecule has 0 bridgehead atoms. The highest BCUT2D eigenvalue weighted by Gasteiger charge is 2.28. The first-order valence-corrected chi connectivity index (χ1v) is 12.6. The van der Waals surface area contributed by atoms with Gasteiger partial charge in [-0.15, -0.1) is 11.3 Å². The number of rotatable bonds is 7. The Hall–Kier alpha value is -1.78. The first-order valence-electron chi connectivity index (χ1n) is 10.3.